The molecule has 0 atom stereocenters. The zero-order valence-electron chi connectivity index (χ0n) is 17.9. The molecule has 0 unspecified atom stereocenters. The van der Waals surface area contributed by atoms with Crippen LogP contribution >= 0.6 is 47.0 Å². The van der Waals surface area contributed by atoms with E-state index in [0.717, 1.165) is 0 Å². The highest BCUT2D eigenvalue weighted by molar-refractivity contribution is 8.00. The van der Waals surface area contributed by atoms with Crippen LogP contribution in [-0.4, -0.2) is 12.5 Å². The van der Waals surface area contributed by atoms with Crippen LogP contribution in [0.25, 0.3) is 21.5 Å². The highest BCUT2D eigenvalue weighted by Crippen LogP contribution is 2.46. The van der Waals surface area contributed by atoms with E-state index >= 15 is 0 Å². The summed E-state index contributed by atoms with van der Waals surface area (Å²) in [6.45, 7) is 0. The van der Waals surface area contributed by atoms with Crippen LogP contribution in [0.15, 0.2) is 126 Å². The molecule has 0 saturated carbocycles. The molecular weight excluding hydrogens is 465 g/mol. The Morgan fingerprint density at radius 2 is 0.656 bits per heavy atom. The maximum atomic E-state index is 2.27. The molecule has 0 amide bonds. The number of rotatable bonds is 6. The van der Waals surface area contributed by atoms with Crippen molar-refractivity contribution in [2.45, 2.75) is 29.4 Å². The van der Waals surface area contributed by atoms with Gasteiger partial charge in [-0.2, -0.15) is 0 Å². The minimum atomic E-state index is 1.27. The van der Waals surface area contributed by atoms with Crippen LogP contribution < -0.4 is 0 Å². The maximum Gasteiger partial charge on any atom is 0.0280 e. The normalized spacial score (nSPS) is 11.3. The van der Waals surface area contributed by atoms with E-state index < -0.39 is 0 Å². The number of hydrogen-bond acceptors (Lipinski definition) is 4. The molecule has 0 N–H and O–H groups in total. The number of fused-ring (bicyclic) bond motifs is 2. The Morgan fingerprint density at radius 3 is 0.938 bits per heavy atom. The predicted molar refractivity (Wildman–Crippen MR) is 146 cm³/mol. The average molecular weight is 487 g/mol. The van der Waals surface area contributed by atoms with Crippen molar-refractivity contribution in [1.29, 1.82) is 0 Å². The summed E-state index contributed by atoms with van der Waals surface area (Å²) < 4.78 is 0. The third kappa shape index (κ3) is 4.42. The van der Waals surface area contributed by atoms with E-state index in [-0.39, 0.29) is 0 Å². The van der Waals surface area contributed by atoms with Crippen molar-refractivity contribution in [2.75, 3.05) is 12.5 Å². The van der Waals surface area contributed by atoms with Crippen LogP contribution in [0.2, 0.25) is 0 Å². The van der Waals surface area contributed by atoms with Crippen molar-refractivity contribution in [2.24, 2.45) is 0 Å². The molecule has 0 spiro atoms. The third-order valence-corrected chi connectivity index (χ3v) is 9.18. The van der Waals surface area contributed by atoms with Crippen molar-refractivity contribution < 1.29 is 0 Å². The lowest BCUT2D eigenvalue weighted by atomic mass is 10.0. The van der Waals surface area contributed by atoms with Gasteiger partial charge in [0.05, 0.1) is 0 Å². The van der Waals surface area contributed by atoms with Gasteiger partial charge in [0.15, 0.2) is 0 Å². The Labute approximate surface area is 206 Å². The summed E-state index contributed by atoms with van der Waals surface area (Å²) in [5.41, 5.74) is 0. The first kappa shape index (κ1) is 21.8. The second kappa shape index (κ2) is 9.88. The molecule has 0 bridgehead atoms. The highest BCUT2D eigenvalue weighted by Gasteiger charge is 2.15. The van der Waals surface area contributed by atoms with Crippen LogP contribution in [0.1, 0.15) is 0 Å². The second-order valence-corrected chi connectivity index (χ2v) is 11.2. The molecule has 0 saturated heterocycles. The predicted octanol–water partition coefficient (Wildman–Crippen LogP) is 9.74. The highest BCUT2D eigenvalue weighted by atomic mass is 32.2. The van der Waals surface area contributed by atoms with Gasteiger partial charge in [-0.1, -0.05) is 72.1 Å². The summed E-state index contributed by atoms with van der Waals surface area (Å²) in [4.78, 5) is 7.79. The Kier molecular flexibility index (Phi) is 6.74. The van der Waals surface area contributed by atoms with Crippen molar-refractivity contribution >= 4 is 68.6 Å². The second-order valence-electron chi connectivity index (χ2n) is 7.30. The van der Waals surface area contributed by atoms with Gasteiger partial charge < -0.3 is 0 Å². The quantitative estimate of drug-likeness (QED) is 0.173. The molecular formula is C28H22S4. The van der Waals surface area contributed by atoms with Gasteiger partial charge in [0.25, 0.3) is 0 Å². The van der Waals surface area contributed by atoms with Crippen molar-refractivity contribution in [3.05, 3.63) is 97.1 Å². The lowest BCUT2D eigenvalue weighted by Gasteiger charge is -2.16. The molecule has 0 fully saturated rings. The third-order valence-electron chi connectivity index (χ3n) is 5.39. The van der Waals surface area contributed by atoms with Gasteiger partial charge in [0.2, 0.25) is 0 Å². The Hall–Kier alpha value is -1.98. The van der Waals surface area contributed by atoms with E-state index in [1.807, 2.05) is 23.5 Å². The smallest absolute Gasteiger partial charge is 0.0280 e. The molecule has 0 heterocycles. The topological polar surface area (TPSA) is 0 Å². The summed E-state index contributed by atoms with van der Waals surface area (Å²) in [5, 5.41) is 5.25. The van der Waals surface area contributed by atoms with Gasteiger partial charge >= 0.3 is 0 Å². The SMILES string of the molecule is CSc1ccc(Sc2c3ccccc3c(Sc3ccc(SC)cc3)c3ccccc23)cc1. The fourth-order valence-electron chi connectivity index (χ4n) is 3.79. The maximum absolute atomic E-state index is 2.27. The van der Waals surface area contributed by atoms with E-state index in [2.05, 4.69) is 110 Å². The van der Waals surface area contributed by atoms with Gasteiger partial charge in [0, 0.05) is 29.4 Å². The monoisotopic (exact) mass is 486 g/mol. The largest absolute Gasteiger partial charge is 0.130 e. The average Bonchev–Trinajstić information content (AvgIpc) is 2.86. The van der Waals surface area contributed by atoms with Gasteiger partial charge in [-0.3, -0.25) is 0 Å². The van der Waals surface area contributed by atoms with E-state index in [1.165, 1.54) is 50.9 Å². The van der Waals surface area contributed by atoms with Crippen molar-refractivity contribution in [1.82, 2.24) is 0 Å². The summed E-state index contributed by atoms with van der Waals surface area (Å²) >= 11 is 7.29. The van der Waals surface area contributed by atoms with E-state index in [9.17, 15) is 0 Å². The lowest BCUT2D eigenvalue weighted by Crippen LogP contribution is -1.88. The molecule has 5 aromatic carbocycles. The first-order valence-corrected chi connectivity index (χ1v) is 14.4. The van der Waals surface area contributed by atoms with E-state index in [1.54, 1.807) is 23.5 Å². The minimum Gasteiger partial charge on any atom is -0.130 e. The molecule has 0 aliphatic carbocycles. The Balaban J connectivity index is 1.67. The molecule has 4 heteroatoms. The molecule has 0 nitrogen and oxygen atoms in total. The Bertz CT molecular complexity index is 1210. The molecule has 0 aromatic heterocycles. The van der Waals surface area contributed by atoms with Gasteiger partial charge in [-0.25, -0.2) is 0 Å². The molecule has 158 valence electrons. The first-order valence-electron chi connectivity index (χ1n) is 10.3. The Morgan fingerprint density at radius 1 is 0.375 bits per heavy atom. The van der Waals surface area contributed by atoms with Gasteiger partial charge in [0.1, 0.15) is 0 Å². The van der Waals surface area contributed by atoms with E-state index in [0.29, 0.717) is 0 Å². The molecule has 5 aromatic rings. The van der Waals surface area contributed by atoms with Crippen LogP contribution in [0.4, 0.5) is 0 Å². The van der Waals surface area contributed by atoms with Crippen LogP contribution in [0, 0.1) is 0 Å². The van der Waals surface area contributed by atoms with Gasteiger partial charge in [-0.15, -0.1) is 23.5 Å². The molecule has 0 radical (unpaired) electrons. The fourth-order valence-corrected chi connectivity index (χ4v) is 6.78. The van der Waals surface area contributed by atoms with Gasteiger partial charge in [-0.05, 0) is 82.6 Å². The van der Waals surface area contributed by atoms with Crippen molar-refractivity contribution in [3.63, 3.8) is 0 Å². The number of benzene rings is 5. The zero-order valence-corrected chi connectivity index (χ0v) is 21.1. The minimum absolute atomic E-state index is 1.27. The van der Waals surface area contributed by atoms with E-state index in [4.69, 9.17) is 0 Å². The summed E-state index contributed by atoms with van der Waals surface area (Å²) in [6.07, 6.45) is 4.24. The van der Waals surface area contributed by atoms with Crippen LogP contribution in [0.3, 0.4) is 0 Å². The summed E-state index contributed by atoms with van der Waals surface area (Å²) in [7, 11) is 0. The van der Waals surface area contributed by atoms with Crippen LogP contribution in [-0.2, 0) is 0 Å². The first-order chi connectivity index (χ1) is 15.8. The van der Waals surface area contributed by atoms with Crippen LogP contribution in [0.5, 0.6) is 0 Å². The van der Waals surface area contributed by atoms with Crippen molar-refractivity contribution in [3.8, 4) is 0 Å². The molecule has 0 aliphatic rings. The molecule has 0 aliphatic heterocycles. The molecule has 5 rings (SSSR count). The lowest BCUT2D eigenvalue weighted by molar-refractivity contribution is 1.35. The standard InChI is InChI=1S/C28H22S4/c1-29-19-11-15-21(16-12-19)31-27-23-7-3-5-9-25(23)28(26-10-6-4-8-24(26)27)32-22-17-13-20(30-2)14-18-22/h3-18H,1-2H3. The zero-order chi connectivity index (χ0) is 21.9. The number of hydrogen-bond donors (Lipinski definition) is 0. The molecule has 32 heavy (non-hydrogen) atoms. The summed E-state index contributed by atoms with van der Waals surface area (Å²) in [5.74, 6) is 0. The number of thioether (sulfide) groups is 2. The summed E-state index contributed by atoms with van der Waals surface area (Å²) in [6, 6.07) is 35.4. The fraction of sp³-hybridized carbons (Fsp3) is 0.0714.